The Balaban J connectivity index is 0.874. The number of ether oxygens (including phenoxy) is 8. The molecule has 9 rings (SSSR count). The highest BCUT2D eigenvalue weighted by atomic mass is 16.8. The first-order valence-corrected chi connectivity index (χ1v) is 26.5. The number of aliphatic carboxylic acids is 1. The summed E-state index contributed by atoms with van der Waals surface area (Å²) >= 11 is 0. The fraction of sp³-hybridized carbons (Fsp3) is 0.942. The fourth-order valence-electron chi connectivity index (χ4n) is 16.0. The van der Waals surface area contributed by atoms with E-state index in [1.165, 1.54) is 12.5 Å². The molecule has 0 radical (unpaired) electrons. The van der Waals surface area contributed by atoms with E-state index in [4.69, 9.17) is 37.9 Å². The molecule has 2 unspecified atom stereocenters. The number of aliphatic hydroxyl groups is 10. The number of carboxylic acids is 1. The highest BCUT2D eigenvalue weighted by molar-refractivity contribution is 5.76. The predicted molar refractivity (Wildman–Crippen MR) is 250 cm³/mol. The van der Waals surface area contributed by atoms with Crippen LogP contribution in [0.5, 0.6) is 0 Å². The molecule has 4 saturated heterocycles. The first-order valence-electron chi connectivity index (χ1n) is 26.5. The Morgan fingerprint density at radius 2 is 1.29 bits per heavy atom. The van der Waals surface area contributed by atoms with Crippen molar-refractivity contribution >= 4 is 5.97 Å². The highest BCUT2D eigenvalue weighted by Gasteiger charge is 2.70. The summed E-state index contributed by atoms with van der Waals surface area (Å²) in [5, 5.41) is 119. The Morgan fingerprint density at radius 1 is 0.639 bits per heavy atom. The molecule has 20 nitrogen and oxygen atoms in total. The molecule has 4 aliphatic heterocycles. The quantitative estimate of drug-likeness (QED) is 0.107. The Hall–Kier alpha value is -1.51. The van der Waals surface area contributed by atoms with E-state index in [1.807, 2.05) is 0 Å². The molecule has 0 aromatic carbocycles. The molecule has 4 heterocycles. The molecule has 412 valence electrons. The van der Waals surface area contributed by atoms with Crippen molar-refractivity contribution in [3.63, 3.8) is 0 Å². The second-order valence-corrected chi connectivity index (χ2v) is 25.4. The second kappa shape index (κ2) is 19.7. The van der Waals surface area contributed by atoms with Gasteiger partial charge in [0.25, 0.3) is 0 Å². The third-order valence-corrected chi connectivity index (χ3v) is 20.7. The number of allylic oxidation sites excluding steroid dienone is 2. The first kappa shape index (κ1) is 55.3. The molecule has 0 aromatic heterocycles. The van der Waals surface area contributed by atoms with Crippen LogP contribution in [0.3, 0.4) is 0 Å². The van der Waals surface area contributed by atoms with Gasteiger partial charge in [-0.1, -0.05) is 60.1 Å². The molecule has 9 aliphatic rings. The van der Waals surface area contributed by atoms with E-state index < -0.39 is 141 Å². The number of hydrogen-bond donors (Lipinski definition) is 11. The van der Waals surface area contributed by atoms with Gasteiger partial charge in [0, 0.05) is 0 Å². The lowest BCUT2D eigenvalue weighted by atomic mass is 9.33. The monoisotopic (exact) mass is 1030 g/mol. The van der Waals surface area contributed by atoms with Crippen molar-refractivity contribution in [3.05, 3.63) is 11.6 Å². The van der Waals surface area contributed by atoms with Crippen molar-refractivity contribution in [2.45, 2.75) is 236 Å². The summed E-state index contributed by atoms with van der Waals surface area (Å²) in [5.74, 6) is -0.0524. The minimum absolute atomic E-state index is 0.0208. The van der Waals surface area contributed by atoms with E-state index in [-0.39, 0.29) is 46.2 Å². The molecule has 0 amide bonds. The van der Waals surface area contributed by atoms with Crippen LogP contribution in [0.4, 0.5) is 0 Å². The zero-order chi connectivity index (χ0) is 52.4. The SMILES string of the molecule is C[C@@H]1O[C@@H](O[C@H]2[C@H](O[C@H]3CC[C@@]4(C)C(CC[C@]5(C)C4CC=C4[C@@H]6CC(C)(C)CC[C@]6(C(=O)O)CC[C@]45C)C3(C)C)OC[C@H](O)[C@@H]2O)[C@H](O)[C@H](O[C@@H]2OC[C@@H](O[C@@H]3O[C@H](CO)[C@@H](O)[C@H](O)[C@H]3O)[C@H](O)[C@H]2O)[C@H]1O. The lowest BCUT2D eigenvalue weighted by Gasteiger charge is -2.71. The molecule has 72 heavy (non-hydrogen) atoms. The molecule has 4 saturated carbocycles. The zero-order valence-electron chi connectivity index (χ0n) is 43.1. The van der Waals surface area contributed by atoms with Gasteiger partial charge < -0.3 is 94.1 Å². The summed E-state index contributed by atoms with van der Waals surface area (Å²) in [5.41, 5.74) is 0.0683. The molecule has 20 heteroatoms. The van der Waals surface area contributed by atoms with Crippen LogP contribution in [0.2, 0.25) is 0 Å². The third-order valence-electron chi connectivity index (χ3n) is 20.7. The molecular weight excluding hydrogens is 945 g/mol. The van der Waals surface area contributed by atoms with Crippen LogP contribution in [0.15, 0.2) is 11.6 Å². The molecular formula is C52H84O20. The van der Waals surface area contributed by atoms with Crippen molar-refractivity contribution in [2.75, 3.05) is 19.8 Å². The normalized spacial score (nSPS) is 54.3. The number of rotatable bonds is 10. The minimum Gasteiger partial charge on any atom is -0.481 e. The average Bonchev–Trinajstić information content (AvgIpc) is 3.32. The van der Waals surface area contributed by atoms with Gasteiger partial charge in [-0.05, 0) is 116 Å². The van der Waals surface area contributed by atoms with Crippen LogP contribution in [0.25, 0.3) is 0 Å². The molecule has 0 spiro atoms. The summed E-state index contributed by atoms with van der Waals surface area (Å²) in [7, 11) is 0. The van der Waals surface area contributed by atoms with E-state index >= 15 is 0 Å². The van der Waals surface area contributed by atoms with Crippen molar-refractivity contribution in [2.24, 2.45) is 50.2 Å². The topological polar surface area (TPSA) is 313 Å². The fourth-order valence-corrected chi connectivity index (χ4v) is 16.0. The van der Waals surface area contributed by atoms with E-state index in [2.05, 4.69) is 54.5 Å². The second-order valence-electron chi connectivity index (χ2n) is 25.4. The van der Waals surface area contributed by atoms with E-state index in [9.17, 15) is 61.0 Å². The molecule has 0 bridgehead atoms. The molecule has 0 aromatic rings. The van der Waals surface area contributed by atoms with Crippen LogP contribution in [-0.4, -0.2) is 199 Å². The van der Waals surface area contributed by atoms with Gasteiger partial charge in [0.15, 0.2) is 25.2 Å². The Bertz CT molecular complexity index is 1990. The van der Waals surface area contributed by atoms with Gasteiger partial charge in [0.1, 0.15) is 79.4 Å². The molecule has 5 aliphatic carbocycles. The maximum absolute atomic E-state index is 13.2. The Labute approximate surface area is 421 Å². The van der Waals surface area contributed by atoms with E-state index in [0.717, 1.165) is 44.9 Å². The van der Waals surface area contributed by atoms with Crippen LogP contribution >= 0.6 is 0 Å². The van der Waals surface area contributed by atoms with Gasteiger partial charge in [-0.15, -0.1) is 0 Å². The minimum atomic E-state index is -1.86. The highest BCUT2D eigenvalue weighted by Crippen LogP contribution is 2.76. The smallest absolute Gasteiger partial charge is 0.310 e. The number of carboxylic acid groups (broad SMARTS) is 1. The Morgan fingerprint density at radius 3 is 1.99 bits per heavy atom. The molecule has 8 fully saturated rings. The van der Waals surface area contributed by atoms with Gasteiger partial charge in [0.05, 0.1) is 37.4 Å². The lowest BCUT2D eigenvalue weighted by molar-refractivity contribution is -0.382. The van der Waals surface area contributed by atoms with E-state index in [0.29, 0.717) is 25.2 Å². The number of aliphatic hydroxyl groups excluding tert-OH is 10. The molecule has 11 N–H and O–H groups in total. The van der Waals surface area contributed by atoms with Crippen LogP contribution in [-0.2, 0) is 42.7 Å². The van der Waals surface area contributed by atoms with Crippen molar-refractivity contribution in [3.8, 4) is 0 Å². The van der Waals surface area contributed by atoms with Gasteiger partial charge in [-0.25, -0.2) is 0 Å². The van der Waals surface area contributed by atoms with Gasteiger partial charge in [-0.3, -0.25) is 4.79 Å². The summed E-state index contributed by atoms with van der Waals surface area (Å²) < 4.78 is 47.8. The van der Waals surface area contributed by atoms with Gasteiger partial charge in [-0.2, -0.15) is 0 Å². The summed E-state index contributed by atoms with van der Waals surface area (Å²) in [4.78, 5) is 13.2. The van der Waals surface area contributed by atoms with Gasteiger partial charge in [0.2, 0.25) is 0 Å². The van der Waals surface area contributed by atoms with Crippen molar-refractivity contribution in [1.29, 1.82) is 0 Å². The number of hydrogen-bond acceptors (Lipinski definition) is 19. The van der Waals surface area contributed by atoms with Crippen molar-refractivity contribution < 1.29 is 98.9 Å². The first-order chi connectivity index (χ1) is 33.7. The van der Waals surface area contributed by atoms with Crippen molar-refractivity contribution in [1.82, 2.24) is 0 Å². The van der Waals surface area contributed by atoms with Crippen LogP contribution in [0, 0.1) is 50.2 Å². The van der Waals surface area contributed by atoms with E-state index in [1.54, 1.807) is 0 Å². The Kier molecular flexibility index (Phi) is 15.2. The van der Waals surface area contributed by atoms with Crippen LogP contribution < -0.4 is 0 Å². The zero-order valence-corrected chi connectivity index (χ0v) is 43.1. The summed E-state index contributed by atoms with van der Waals surface area (Å²) in [6.45, 7) is 16.4. The number of carbonyl (C=O) groups is 1. The average molecular weight is 1030 g/mol. The largest absolute Gasteiger partial charge is 0.481 e. The maximum atomic E-state index is 13.2. The summed E-state index contributed by atoms with van der Waals surface area (Å²) in [6.07, 6.45) is -17.4. The summed E-state index contributed by atoms with van der Waals surface area (Å²) in [6, 6.07) is 0. The van der Waals surface area contributed by atoms with Crippen LogP contribution in [0.1, 0.15) is 120 Å². The predicted octanol–water partition coefficient (Wildman–Crippen LogP) is 0.836. The standard InChI is InChI=1S/C52H84O20/c1-23-32(55)40(71-42-37(60)35(58)28(22-66-42)69-43-38(61)36(59)34(57)27(20-53)68-43)39(62)44(67-23)72-41-33(56)26(54)21-65-45(41)70-31-12-13-49(6)29(48(31,4)5)11-14-51(8)30(49)10-9-24-25-19-47(2,3)15-17-52(25,46(63)64)18-16-50(24,51)7/h9,23,25-45,53-62H,10-22H2,1-8H3,(H,63,64)/t23-,25-,26-,27+,28+,29?,30?,31-,32-,33-,34+,35-,36-,37+,38+,39+,40+,41+,42-,43-,44-,45-,49-,50+,51+,52-/m0/s1. The number of fused-ring (bicyclic) bond motifs is 7. The van der Waals surface area contributed by atoms with Gasteiger partial charge >= 0.3 is 5.97 Å². The molecule has 26 atom stereocenters. The third kappa shape index (κ3) is 8.87. The maximum Gasteiger partial charge on any atom is 0.310 e. The lowest BCUT2D eigenvalue weighted by Crippen LogP contribution is -2.66.